The smallest absolute Gasteiger partial charge is 0.382 e. The Labute approximate surface area is 144 Å². The van der Waals surface area contributed by atoms with Crippen LogP contribution in [-0.4, -0.2) is 49.6 Å². The molecule has 138 valence electrons. The van der Waals surface area contributed by atoms with Gasteiger partial charge in [-0.2, -0.15) is 13.2 Å². The van der Waals surface area contributed by atoms with Gasteiger partial charge < -0.3 is 15.0 Å². The molecule has 0 bridgehead atoms. The topological polar surface area (TPSA) is 58.6 Å². The minimum absolute atomic E-state index is 0.0437. The SMILES string of the molecule is CNC(=O)CC1(COC)CCCN1C(=O)c1cccc(C(F)(F)F)c1. The summed E-state index contributed by atoms with van der Waals surface area (Å²) >= 11 is 0. The molecule has 25 heavy (non-hydrogen) atoms. The summed E-state index contributed by atoms with van der Waals surface area (Å²) in [5.74, 6) is -0.773. The minimum Gasteiger partial charge on any atom is -0.382 e. The molecule has 2 amide bonds. The summed E-state index contributed by atoms with van der Waals surface area (Å²) < 4.78 is 43.9. The monoisotopic (exact) mass is 358 g/mol. The fourth-order valence-corrected chi connectivity index (χ4v) is 3.28. The zero-order chi connectivity index (χ0) is 18.7. The molecular formula is C17H21F3N2O3. The van der Waals surface area contributed by atoms with E-state index in [0.717, 1.165) is 12.1 Å². The van der Waals surface area contributed by atoms with E-state index in [-0.39, 0.29) is 24.5 Å². The number of halogens is 3. The van der Waals surface area contributed by atoms with Gasteiger partial charge in [0.25, 0.3) is 5.91 Å². The molecule has 1 saturated heterocycles. The fourth-order valence-electron chi connectivity index (χ4n) is 3.28. The van der Waals surface area contributed by atoms with Gasteiger partial charge in [0.1, 0.15) is 0 Å². The summed E-state index contributed by atoms with van der Waals surface area (Å²) in [6.07, 6.45) is -3.26. The molecule has 0 aliphatic carbocycles. The molecule has 1 aromatic rings. The predicted molar refractivity (Wildman–Crippen MR) is 85.0 cm³/mol. The molecule has 8 heteroatoms. The summed E-state index contributed by atoms with van der Waals surface area (Å²) in [4.78, 5) is 26.2. The Kier molecular flexibility index (Phi) is 5.72. The number of carbonyl (C=O) groups is 2. The summed E-state index contributed by atoms with van der Waals surface area (Å²) in [5.41, 5.74) is -1.77. The van der Waals surface area contributed by atoms with Gasteiger partial charge in [0.2, 0.25) is 5.91 Å². The van der Waals surface area contributed by atoms with Crippen molar-refractivity contribution in [1.29, 1.82) is 0 Å². The number of rotatable bonds is 5. The third-order valence-corrected chi connectivity index (χ3v) is 4.46. The van der Waals surface area contributed by atoms with Crippen molar-refractivity contribution in [2.45, 2.75) is 31.0 Å². The van der Waals surface area contributed by atoms with Crippen molar-refractivity contribution >= 4 is 11.8 Å². The molecule has 5 nitrogen and oxygen atoms in total. The van der Waals surface area contributed by atoms with Crippen LogP contribution in [0, 0.1) is 0 Å². The van der Waals surface area contributed by atoms with Crippen LogP contribution in [0.1, 0.15) is 35.2 Å². The van der Waals surface area contributed by atoms with Crippen molar-refractivity contribution in [3.63, 3.8) is 0 Å². The van der Waals surface area contributed by atoms with Gasteiger partial charge in [-0.25, -0.2) is 0 Å². The molecule has 0 spiro atoms. The van der Waals surface area contributed by atoms with Crippen LogP contribution in [0.15, 0.2) is 24.3 Å². The predicted octanol–water partition coefficient (Wildman–Crippen LogP) is 2.46. The van der Waals surface area contributed by atoms with Crippen molar-refractivity contribution < 1.29 is 27.5 Å². The van der Waals surface area contributed by atoms with Gasteiger partial charge in [0.15, 0.2) is 0 Å². The highest BCUT2D eigenvalue weighted by atomic mass is 19.4. The molecular weight excluding hydrogens is 337 g/mol. The number of benzene rings is 1. The minimum atomic E-state index is -4.52. The van der Waals surface area contributed by atoms with E-state index in [9.17, 15) is 22.8 Å². The zero-order valence-corrected chi connectivity index (χ0v) is 14.2. The number of amides is 2. The average Bonchev–Trinajstić information content (AvgIpc) is 2.97. The average molecular weight is 358 g/mol. The van der Waals surface area contributed by atoms with Crippen molar-refractivity contribution in [2.75, 3.05) is 27.3 Å². The van der Waals surface area contributed by atoms with E-state index in [1.54, 1.807) is 0 Å². The summed E-state index contributed by atoms with van der Waals surface area (Å²) in [6, 6.07) is 4.34. The molecule has 0 radical (unpaired) electrons. The molecule has 1 atom stereocenters. The third kappa shape index (κ3) is 4.12. The Morgan fingerprint density at radius 1 is 1.36 bits per heavy atom. The molecule has 1 fully saturated rings. The number of alkyl halides is 3. The second-order valence-electron chi connectivity index (χ2n) is 6.15. The van der Waals surface area contributed by atoms with Crippen molar-refractivity contribution in [3.8, 4) is 0 Å². The van der Waals surface area contributed by atoms with E-state index in [1.165, 1.54) is 31.2 Å². The number of nitrogens with zero attached hydrogens (tertiary/aromatic N) is 1. The number of carbonyl (C=O) groups excluding carboxylic acids is 2. The van der Waals surface area contributed by atoms with E-state index in [0.29, 0.717) is 19.4 Å². The van der Waals surface area contributed by atoms with E-state index in [2.05, 4.69) is 5.32 Å². The van der Waals surface area contributed by atoms with Crippen LogP contribution < -0.4 is 5.32 Å². The standard InChI is InChI=1S/C17H21F3N2O3/c1-21-14(23)10-16(11-25-2)7-4-8-22(16)15(24)12-5-3-6-13(9-12)17(18,19)20/h3,5-6,9H,4,7-8,10-11H2,1-2H3,(H,21,23). The maximum absolute atomic E-state index is 12.9. The number of likely N-dealkylation sites (tertiary alicyclic amines) is 1. The fraction of sp³-hybridized carbons (Fsp3) is 0.529. The molecule has 0 aromatic heterocycles. The van der Waals surface area contributed by atoms with E-state index < -0.39 is 23.2 Å². The largest absolute Gasteiger partial charge is 0.416 e. The van der Waals surface area contributed by atoms with Crippen LogP contribution in [0.4, 0.5) is 13.2 Å². The first kappa shape index (κ1) is 19.2. The van der Waals surface area contributed by atoms with E-state index >= 15 is 0 Å². The van der Waals surface area contributed by atoms with Gasteiger partial charge in [-0.1, -0.05) is 6.07 Å². The highest BCUT2D eigenvalue weighted by Crippen LogP contribution is 2.35. The third-order valence-electron chi connectivity index (χ3n) is 4.46. The summed E-state index contributed by atoms with van der Waals surface area (Å²) in [5, 5.41) is 2.52. The van der Waals surface area contributed by atoms with Gasteiger partial charge >= 0.3 is 6.18 Å². The molecule has 1 heterocycles. The van der Waals surface area contributed by atoms with Crippen molar-refractivity contribution in [1.82, 2.24) is 10.2 Å². The van der Waals surface area contributed by atoms with Gasteiger partial charge in [-0.3, -0.25) is 9.59 Å². The van der Waals surface area contributed by atoms with Crippen LogP contribution >= 0.6 is 0 Å². The lowest BCUT2D eigenvalue weighted by Crippen LogP contribution is -2.52. The summed E-state index contributed by atoms with van der Waals surface area (Å²) in [6.45, 7) is 0.514. The molecule has 2 rings (SSSR count). The highest BCUT2D eigenvalue weighted by Gasteiger charge is 2.45. The Bertz CT molecular complexity index is 648. The summed E-state index contributed by atoms with van der Waals surface area (Å²) in [7, 11) is 2.97. The van der Waals surface area contributed by atoms with Gasteiger partial charge in [-0.15, -0.1) is 0 Å². The number of hydrogen-bond acceptors (Lipinski definition) is 3. The Morgan fingerprint density at radius 3 is 2.68 bits per heavy atom. The Hall–Kier alpha value is -2.09. The quantitative estimate of drug-likeness (QED) is 0.880. The molecule has 1 aliphatic heterocycles. The molecule has 1 N–H and O–H groups in total. The van der Waals surface area contributed by atoms with Gasteiger partial charge in [0.05, 0.1) is 24.1 Å². The van der Waals surface area contributed by atoms with Crippen LogP contribution in [0.2, 0.25) is 0 Å². The second kappa shape index (κ2) is 7.43. The van der Waals surface area contributed by atoms with Crippen LogP contribution in [0.3, 0.4) is 0 Å². The van der Waals surface area contributed by atoms with Crippen LogP contribution in [0.5, 0.6) is 0 Å². The first-order chi connectivity index (χ1) is 11.7. The molecule has 1 unspecified atom stereocenters. The number of ether oxygens (including phenoxy) is 1. The Balaban J connectivity index is 2.34. The molecule has 1 aliphatic rings. The molecule has 1 aromatic carbocycles. The zero-order valence-electron chi connectivity index (χ0n) is 14.2. The lowest BCUT2D eigenvalue weighted by atomic mass is 9.91. The van der Waals surface area contributed by atoms with Gasteiger partial charge in [-0.05, 0) is 31.0 Å². The van der Waals surface area contributed by atoms with Crippen LogP contribution in [-0.2, 0) is 15.7 Å². The lowest BCUT2D eigenvalue weighted by Gasteiger charge is -2.37. The molecule has 0 saturated carbocycles. The Morgan fingerprint density at radius 2 is 2.08 bits per heavy atom. The second-order valence-corrected chi connectivity index (χ2v) is 6.15. The number of nitrogens with one attached hydrogen (secondary N) is 1. The van der Waals surface area contributed by atoms with Crippen molar-refractivity contribution in [3.05, 3.63) is 35.4 Å². The van der Waals surface area contributed by atoms with Crippen LogP contribution in [0.25, 0.3) is 0 Å². The number of methoxy groups -OCH3 is 1. The van der Waals surface area contributed by atoms with E-state index in [4.69, 9.17) is 4.74 Å². The van der Waals surface area contributed by atoms with Crippen molar-refractivity contribution in [2.24, 2.45) is 0 Å². The van der Waals surface area contributed by atoms with E-state index in [1.807, 2.05) is 0 Å². The highest BCUT2D eigenvalue weighted by molar-refractivity contribution is 5.95. The maximum atomic E-state index is 12.9. The maximum Gasteiger partial charge on any atom is 0.416 e. The van der Waals surface area contributed by atoms with Gasteiger partial charge in [0, 0.05) is 26.3 Å². The first-order valence-corrected chi connectivity index (χ1v) is 7.92. The number of hydrogen-bond donors (Lipinski definition) is 1. The lowest BCUT2D eigenvalue weighted by molar-refractivity contribution is -0.137. The first-order valence-electron chi connectivity index (χ1n) is 7.92. The normalized spacial score (nSPS) is 20.6.